The lowest BCUT2D eigenvalue weighted by Crippen LogP contribution is -2.22. The molecule has 5 rings (SSSR count). The molecule has 0 aliphatic rings. The number of benzene rings is 2. The van der Waals surface area contributed by atoms with Gasteiger partial charge in [0, 0.05) is 87.9 Å². The van der Waals surface area contributed by atoms with E-state index in [9.17, 15) is 9.59 Å². The molecule has 1 amide bonds. The summed E-state index contributed by atoms with van der Waals surface area (Å²) < 4.78 is 1.85. The molecule has 244 valence electrons. The summed E-state index contributed by atoms with van der Waals surface area (Å²) in [5.41, 5.74) is 11.5. The monoisotopic (exact) mass is 625 g/mol. The number of hydrogen-bond donors (Lipinski definition) is 2. The van der Waals surface area contributed by atoms with E-state index in [1.807, 2.05) is 57.0 Å². The van der Waals surface area contributed by atoms with E-state index >= 15 is 0 Å². The van der Waals surface area contributed by atoms with Crippen molar-refractivity contribution >= 4 is 34.5 Å². The molecule has 3 heterocycles. The number of allylic oxidation sites excluding steroid dienone is 2. The number of rotatable bonds is 7. The van der Waals surface area contributed by atoms with Crippen LogP contribution in [-0.4, -0.2) is 69.6 Å². The number of anilines is 3. The Morgan fingerprint density at radius 3 is 2.11 bits per heavy atom. The van der Waals surface area contributed by atoms with Gasteiger partial charge >= 0.3 is 0 Å². The number of aromatic amines is 1. The zero-order chi connectivity index (χ0) is 32.2. The number of nitrogens with one attached hydrogen (secondary N) is 1. The third kappa shape index (κ3) is 10.8. The largest absolute Gasteiger partial charge is 0.384 e. The maximum Gasteiger partial charge on any atom is 0.223 e. The van der Waals surface area contributed by atoms with Crippen molar-refractivity contribution < 1.29 is 9.59 Å². The molecule has 0 fully saturated rings. The summed E-state index contributed by atoms with van der Waals surface area (Å²) in [6, 6.07) is 20.9. The number of carbonyl (C=O) groups is 2. The first-order chi connectivity index (χ1) is 21.0. The normalized spacial score (nSPS) is 9.87. The van der Waals surface area contributed by atoms with Crippen LogP contribution in [0.2, 0.25) is 0 Å². The fourth-order valence-electron chi connectivity index (χ4n) is 3.78. The smallest absolute Gasteiger partial charge is 0.223 e. The van der Waals surface area contributed by atoms with Gasteiger partial charge in [-0.15, -0.1) is 0 Å². The van der Waals surface area contributed by atoms with Crippen LogP contribution in [0, 0.1) is 0 Å². The number of amides is 1. The number of nitrogens with two attached hydrogens (primary N) is 1. The minimum Gasteiger partial charge on any atom is -0.384 e. The van der Waals surface area contributed by atoms with Gasteiger partial charge < -0.3 is 20.4 Å². The van der Waals surface area contributed by atoms with E-state index in [1.54, 1.807) is 60.9 Å². The minimum atomic E-state index is -0.0810. The first-order valence-corrected chi connectivity index (χ1v) is 13.7. The Labute approximate surface area is 272 Å². The van der Waals surface area contributed by atoms with Gasteiger partial charge in [-0.1, -0.05) is 45.7 Å². The van der Waals surface area contributed by atoms with Crippen molar-refractivity contribution in [1.29, 1.82) is 0 Å². The maximum atomic E-state index is 11.9. The molecule has 0 saturated carbocycles. The van der Waals surface area contributed by atoms with Crippen LogP contribution in [0.4, 0.5) is 17.2 Å². The van der Waals surface area contributed by atoms with Gasteiger partial charge in [0.05, 0.1) is 18.1 Å². The molecule has 2 aromatic carbocycles. The number of aromatic nitrogens is 5. The average Bonchev–Trinajstić information content (AvgIpc) is 3.71. The summed E-state index contributed by atoms with van der Waals surface area (Å²) in [7, 11) is 7.40. The number of carbonyl (C=O) groups excluding carboxylic acids is 2. The molecular formula is C35H47N9O2. The van der Waals surface area contributed by atoms with E-state index in [1.165, 1.54) is 17.9 Å². The van der Waals surface area contributed by atoms with Gasteiger partial charge in [-0.2, -0.15) is 10.2 Å². The van der Waals surface area contributed by atoms with Gasteiger partial charge in [0.15, 0.2) is 11.4 Å². The molecule has 0 aliphatic heterocycles. The third-order valence-corrected chi connectivity index (χ3v) is 6.43. The predicted octanol–water partition coefficient (Wildman–Crippen LogP) is 6.56. The first kappa shape index (κ1) is 38.3. The number of hydrogen-bond acceptors (Lipinski definition) is 8. The lowest BCUT2D eigenvalue weighted by atomic mass is 10.1. The Balaban J connectivity index is 0.000000377. The molecule has 0 saturated heterocycles. The SMILES string of the molecule is C.C.C=C(C)N(C)c1cccc(-c2ccnc3ccnn23)c1.CC(=O)N(C)c1cccc(C(=O)/C=C/N(C)C)c1.Nc1ccn[nH]1. The van der Waals surface area contributed by atoms with Crippen molar-refractivity contribution in [2.24, 2.45) is 0 Å². The first-order valence-electron chi connectivity index (χ1n) is 13.7. The molecule has 0 unspecified atom stereocenters. The summed E-state index contributed by atoms with van der Waals surface area (Å²) in [4.78, 5) is 32.8. The highest BCUT2D eigenvalue weighted by atomic mass is 16.2. The van der Waals surface area contributed by atoms with E-state index in [-0.39, 0.29) is 26.5 Å². The second-order valence-electron chi connectivity index (χ2n) is 10.1. The summed E-state index contributed by atoms with van der Waals surface area (Å²) in [5, 5.41) is 10.4. The van der Waals surface area contributed by atoms with E-state index in [4.69, 9.17) is 5.73 Å². The molecule has 5 aromatic rings. The number of fused-ring (bicyclic) bond motifs is 1. The fourth-order valence-corrected chi connectivity index (χ4v) is 3.78. The van der Waals surface area contributed by atoms with Crippen molar-refractivity contribution in [3.63, 3.8) is 0 Å². The van der Waals surface area contributed by atoms with Crippen molar-refractivity contribution in [1.82, 2.24) is 29.7 Å². The zero-order valence-corrected chi connectivity index (χ0v) is 26.0. The van der Waals surface area contributed by atoms with Crippen molar-refractivity contribution in [3.8, 4) is 11.3 Å². The van der Waals surface area contributed by atoms with Crippen LogP contribution in [0.5, 0.6) is 0 Å². The molecule has 0 atom stereocenters. The van der Waals surface area contributed by atoms with Crippen LogP contribution < -0.4 is 15.5 Å². The molecule has 3 aromatic heterocycles. The standard InChI is InChI=1S/C16H16N4.C14H18N2O2.C3H5N3.2CH4/c1-12(2)19(3)14-6-4-5-13(11-14)15-7-9-17-16-8-10-18-20(15)16;1-11(17)16(4)13-7-5-6-12(10-13)14(18)8-9-15(2)3;4-3-1-2-5-6-3;;/h4-11H,1H2,2-3H3;5-10H,1-4H3;1-2H,(H3,4,5,6);2*1H4/b;9-8+;;;. The van der Waals surface area contributed by atoms with Crippen LogP contribution in [0.1, 0.15) is 39.1 Å². The number of nitrogen functional groups attached to an aromatic ring is 1. The highest BCUT2D eigenvalue weighted by Crippen LogP contribution is 2.25. The molecule has 3 N–H and O–H groups in total. The molecule has 46 heavy (non-hydrogen) atoms. The maximum absolute atomic E-state index is 11.9. The Hall–Kier alpha value is -5.71. The van der Waals surface area contributed by atoms with E-state index in [0.717, 1.165) is 28.3 Å². The van der Waals surface area contributed by atoms with E-state index in [2.05, 4.69) is 50.0 Å². The summed E-state index contributed by atoms with van der Waals surface area (Å²) >= 11 is 0. The summed E-state index contributed by atoms with van der Waals surface area (Å²) in [5.74, 6) is 0.459. The fraction of sp³-hybridized carbons (Fsp3) is 0.229. The quantitative estimate of drug-likeness (QED) is 0.154. The van der Waals surface area contributed by atoms with Gasteiger partial charge in [-0.25, -0.2) is 9.50 Å². The van der Waals surface area contributed by atoms with Crippen molar-refractivity contribution in [2.45, 2.75) is 28.7 Å². The van der Waals surface area contributed by atoms with E-state index < -0.39 is 0 Å². The summed E-state index contributed by atoms with van der Waals surface area (Å²) in [6.07, 6.45) is 8.38. The Morgan fingerprint density at radius 1 is 0.870 bits per heavy atom. The van der Waals surface area contributed by atoms with Crippen LogP contribution in [-0.2, 0) is 4.79 Å². The van der Waals surface area contributed by atoms with Crippen LogP contribution in [0.25, 0.3) is 16.9 Å². The van der Waals surface area contributed by atoms with Crippen LogP contribution in [0.3, 0.4) is 0 Å². The highest BCUT2D eigenvalue weighted by Gasteiger charge is 2.09. The number of H-pyrrole nitrogens is 1. The lowest BCUT2D eigenvalue weighted by molar-refractivity contribution is -0.116. The topological polar surface area (TPSA) is 129 Å². The Morgan fingerprint density at radius 2 is 1.54 bits per heavy atom. The van der Waals surface area contributed by atoms with Gasteiger partial charge in [0.2, 0.25) is 5.91 Å². The summed E-state index contributed by atoms with van der Waals surface area (Å²) in [6.45, 7) is 7.45. The zero-order valence-electron chi connectivity index (χ0n) is 26.0. The minimum absolute atomic E-state index is 0. The van der Waals surface area contributed by atoms with Gasteiger partial charge in [-0.05, 0) is 43.3 Å². The number of ketones is 1. The Bertz CT molecular complexity index is 1720. The van der Waals surface area contributed by atoms with Crippen LogP contribution >= 0.6 is 0 Å². The molecule has 0 radical (unpaired) electrons. The third-order valence-electron chi connectivity index (χ3n) is 6.43. The molecule has 0 bridgehead atoms. The Kier molecular flexibility index (Phi) is 15.1. The van der Waals surface area contributed by atoms with Crippen molar-refractivity contribution in [2.75, 3.05) is 43.7 Å². The number of nitrogens with zero attached hydrogens (tertiary/aromatic N) is 7. The van der Waals surface area contributed by atoms with Crippen molar-refractivity contribution in [3.05, 3.63) is 115 Å². The molecule has 11 heteroatoms. The molecule has 0 spiro atoms. The van der Waals surface area contributed by atoms with Gasteiger partial charge in [-0.3, -0.25) is 14.7 Å². The van der Waals surface area contributed by atoms with E-state index in [0.29, 0.717) is 17.1 Å². The second-order valence-corrected chi connectivity index (χ2v) is 10.1. The second kappa shape index (κ2) is 18.2. The average molecular weight is 626 g/mol. The van der Waals surface area contributed by atoms with Crippen LogP contribution in [0.15, 0.2) is 110 Å². The lowest BCUT2D eigenvalue weighted by Gasteiger charge is -2.19. The molecule has 11 nitrogen and oxygen atoms in total. The van der Waals surface area contributed by atoms with Gasteiger partial charge in [0.1, 0.15) is 5.82 Å². The highest BCUT2D eigenvalue weighted by molar-refractivity contribution is 6.05. The predicted molar refractivity (Wildman–Crippen MR) is 191 cm³/mol. The van der Waals surface area contributed by atoms with Gasteiger partial charge in [0.25, 0.3) is 0 Å². The molecular weight excluding hydrogens is 578 g/mol. The molecule has 0 aliphatic carbocycles.